The molecule has 6 heteroatoms. The summed E-state index contributed by atoms with van der Waals surface area (Å²) in [6, 6.07) is 0. The minimum absolute atomic E-state index is 0.0523. The summed E-state index contributed by atoms with van der Waals surface area (Å²) >= 11 is 0. The maximum atomic E-state index is 11.3. The first-order valence-corrected chi connectivity index (χ1v) is 4.99. The van der Waals surface area contributed by atoms with Crippen molar-refractivity contribution >= 4 is 11.9 Å². The number of aromatic carboxylic acids is 1. The maximum absolute atomic E-state index is 11.3. The van der Waals surface area contributed by atoms with E-state index in [0.717, 1.165) is 13.0 Å². The van der Waals surface area contributed by atoms with Gasteiger partial charge in [0.2, 0.25) is 5.91 Å². The molecule has 0 radical (unpaired) electrons. The average molecular weight is 221 g/mol. The average Bonchev–Trinajstić information content (AvgIpc) is 2.65. The van der Waals surface area contributed by atoms with Gasteiger partial charge in [0.25, 0.3) is 0 Å². The van der Waals surface area contributed by atoms with Gasteiger partial charge >= 0.3 is 5.97 Å². The van der Waals surface area contributed by atoms with Crippen LogP contribution in [-0.2, 0) is 11.3 Å². The van der Waals surface area contributed by atoms with Crippen molar-refractivity contribution in [2.75, 3.05) is 6.54 Å². The molecule has 6 nitrogen and oxygen atoms in total. The van der Waals surface area contributed by atoms with Gasteiger partial charge in [-0.25, -0.2) is 14.8 Å². The monoisotopic (exact) mass is 221 g/mol. The third-order valence-electron chi connectivity index (χ3n) is 2.46. The molecule has 1 aromatic heterocycles. The molecule has 0 unspecified atom stereocenters. The first kappa shape index (κ1) is 10.5. The Kier molecular flexibility index (Phi) is 2.80. The zero-order valence-electron chi connectivity index (χ0n) is 8.59. The number of rotatable bonds is 3. The summed E-state index contributed by atoms with van der Waals surface area (Å²) in [6.45, 7) is 1.08. The lowest BCUT2D eigenvalue weighted by Gasteiger charge is -2.13. The van der Waals surface area contributed by atoms with E-state index in [0.29, 0.717) is 18.8 Å². The Hall–Kier alpha value is -1.98. The minimum Gasteiger partial charge on any atom is -0.478 e. The number of likely N-dealkylation sites (tertiary alicyclic amines) is 1. The third kappa shape index (κ3) is 2.16. The van der Waals surface area contributed by atoms with E-state index < -0.39 is 5.97 Å². The Morgan fingerprint density at radius 3 is 2.62 bits per heavy atom. The van der Waals surface area contributed by atoms with E-state index in [1.807, 2.05) is 0 Å². The normalized spacial score (nSPS) is 15.5. The highest BCUT2D eigenvalue weighted by molar-refractivity contribution is 5.86. The second-order valence-corrected chi connectivity index (χ2v) is 3.61. The summed E-state index contributed by atoms with van der Waals surface area (Å²) in [6.07, 6.45) is 3.95. The molecule has 1 amide bonds. The number of carboxylic acids is 1. The molecule has 2 rings (SSSR count). The van der Waals surface area contributed by atoms with Crippen LogP contribution in [0.1, 0.15) is 29.0 Å². The van der Waals surface area contributed by atoms with Crippen LogP contribution >= 0.6 is 0 Å². The van der Waals surface area contributed by atoms with E-state index >= 15 is 0 Å². The zero-order valence-corrected chi connectivity index (χ0v) is 8.59. The number of hydrogen-bond acceptors (Lipinski definition) is 4. The highest BCUT2D eigenvalue weighted by Crippen LogP contribution is 2.11. The first-order chi connectivity index (χ1) is 7.66. The standard InChI is InChI=1S/C10H11N3O3/c14-9-2-1-3-13(9)6-8-11-4-7(5-12-8)10(15)16/h4-5H,1-3,6H2,(H,15,16). The van der Waals surface area contributed by atoms with Gasteiger partial charge in [0.05, 0.1) is 12.1 Å². The van der Waals surface area contributed by atoms with Crippen molar-refractivity contribution in [2.24, 2.45) is 0 Å². The molecule has 1 aromatic rings. The first-order valence-electron chi connectivity index (χ1n) is 4.99. The second-order valence-electron chi connectivity index (χ2n) is 3.61. The molecule has 1 aliphatic heterocycles. The number of carbonyl (C=O) groups is 2. The minimum atomic E-state index is -1.05. The molecule has 0 atom stereocenters. The van der Waals surface area contributed by atoms with E-state index in [9.17, 15) is 9.59 Å². The molecule has 16 heavy (non-hydrogen) atoms. The van der Waals surface area contributed by atoms with Crippen molar-refractivity contribution in [3.05, 3.63) is 23.8 Å². The van der Waals surface area contributed by atoms with Crippen LogP contribution < -0.4 is 0 Å². The fourth-order valence-corrected chi connectivity index (χ4v) is 1.59. The predicted molar refractivity (Wildman–Crippen MR) is 53.6 cm³/mol. The number of carbonyl (C=O) groups excluding carboxylic acids is 1. The van der Waals surface area contributed by atoms with Crippen molar-refractivity contribution in [3.8, 4) is 0 Å². The number of carboxylic acid groups (broad SMARTS) is 1. The quantitative estimate of drug-likeness (QED) is 0.793. The highest BCUT2D eigenvalue weighted by Gasteiger charge is 2.20. The molecule has 1 saturated heterocycles. The van der Waals surface area contributed by atoms with Crippen LogP contribution in [0, 0.1) is 0 Å². The fraction of sp³-hybridized carbons (Fsp3) is 0.400. The Bertz CT molecular complexity index is 416. The van der Waals surface area contributed by atoms with Crippen molar-refractivity contribution in [1.29, 1.82) is 0 Å². The molecule has 0 saturated carbocycles. The Morgan fingerprint density at radius 2 is 2.12 bits per heavy atom. The van der Waals surface area contributed by atoms with Gasteiger partial charge in [0, 0.05) is 25.4 Å². The van der Waals surface area contributed by atoms with Gasteiger partial charge in [0.15, 0.2) is 0 Å². The van der Waals surface area contributed by atoms with E-state index in [1.54, 1.807) is 4.90 Å². The zero-order chi connectivity index (χ0) is 11.5. The molecule has 0 aliphatic carbocycles. The van der Waals surface area contributed by atoms with Crippen LogP contribution in [0.25, 0.3) is 0 Å². The summed E-state index contributed by atoms with van der Waals surface area (Å²) in [4.78, 5) is 31.4. The van der Waals surface area contributed by atoms with Crippen molar-refractivity contribution in [2.45, 2.75) is 19.4 Å². The Morgan fingerprint density at radius 1 is 1.44 bits per heavy atom. The van der Waals surface area contributed by atoms with Crippen molar-refractivity contribution < 1.29 is 14.7 Å². The summed E-state index contributed by atoms with van der Waals surface area (Å²) < 4.78 is 0. The molecule has 2 heterocycles. The lowest BCUT2D eigenvalue weighted by atomic mass is 10.3. The van der Waals surface area contributed by atoms with Crippen LogP contribution in [0.4, 0.5) is 0 Å². The van der Waals surface area contributed by atoms with Crippen molar-refractivity contribution in [1.82, 2.24) is 14.9 Å². The number of hydrogen-bond donors (Lipinski definition) is 1. The fourth-order valence-electron chi connectivity index (χ4n) is 1.59. The summed E-state index contributed by atoms with van der Waals surface area (Å²) in [7, 11) is 0. The van der Waals surface area contributed by atoms with E-state index in [4.69, 9.17) is 5.11 Å². The van der Waals surface area contributed by atoms with Crippen LogP contribution in [0.5, 0.6) is 0 Å². The molecule has 0 spiro atoms. The van der Waals surface area contributed by atoms with Gasteiger partial charge in [-0.05, 0) is 6.42 Å². The molecular weight excluding hydrogens is 210 g/mol. The second kappa shape index (κ2) is 4.26. The number of aromatic nitrogens is 2. The van der Waals surface area contributed by atoms with Crippen LogP contribution in [0.2, 0.25) is 0 Å². The largest absolute Gasteiger partial charge is 0.478 e. The van der Waals surface area contributed by atoms with Crippen molar-refractivity contribution in [3.63, 3.8) is 0 Å². The van der Waals surface area contributed by atoms with Gasteiger partial charge in [-0.1, -0.05) is 0 Å². The lowest BCUT2D eigenvalue weighted by Crippen LogP contribution is -2.25. The van der Waals surface area contributed by atoms with Gasteiger partial charge in [-0.3, -0.25) is 4.79 Å². The summed E-state index contributed by atoms with van der Waals surface area (Å²) in [5.74, 6) is -0.477. The van der Waals surface area contributed by atoms with Crippen LogP contribution in [0.3, 0.4) is 0 Å². The lowest BCUT2D eigenvalue weighted by molar-refractivity contribution is -0.128. The Labute approximate surface area is 91.9 Å². The van der Waals surface area contributed by atoms with Gasteiger partial charge in [0.1, 0.15) is 5.82 Å². The number of amides is 1. The van der Waals surface area contributed by atoms with Gasteiger partial charge < -0.3 is 10.0 Å². The maximum Gasteiger partial charge on any atom is 0.338 e. The number of nitrogens with zero attached hydrogens (tertiary/aromatic N) is 3. The van der Waals surface area contributed by atoms with Gasteiger partial charge in [-0.2, -0.15) is 0 Å². The molecular formula is C10H11N3O3. The van der Waals surface area contributed by atoms with E-state index in [2.05, 4.69) is 9.97 Å². The van der Waals surface area contributed by atoms with Gasteiger partial charge in [-0.15, -0.1) is 0 Å². The van der Waals surface area contributed by atoms with Crippen LogP contribution in [0.15, 0.2) is 12.4 Å². The molecule has 0 bridgehead atoms. The molecule has 1 aliphatic rings. The topological polar surface area (TPSA) is 83.4 Å². The highest BCUT2D eigenvalue weighted by atomic mass is 16.4. The van der Waals surface area contributed by atoms with Crippen LogP contribution in [-0.4, -0.2) is 38.4 Å². The smallest absolute Gasteiger partial charge is 0.338 e. The summed E-state index contributed by atoms with van der Waals surface area (Å²) in [5.41, 5.74) is 0.0523. The predicted octanol–water partition coefficient (Wildman–Crippen LogP) is 0.297. The Balaban J connectivity index is 2.05. The van der Waals surface area contributed by atoms with E-state index in [-0.39, 0.29) is 11.5 Å². The third-order valence-corrected chi connectivity index (χ3v) is 2.46. The molecule has 1 N–H and O–H groups in total. The molecule has 84 valence electrons. The SMILES string of the molecule is O=C(O)c1cnc(CN2CCCC2=O)nc1. The molecule has 1 fully saturated rings. The van der Waals surface area contributed by atoms with E-state index in [1.165, 1.54) is 12.4 Å². The summed E-state index contributed by atoms with van der Waals surface area (Å²) in [5, 5.41) is 8.66. The molecule has 0 aromatic carbocycles.